The van der Waals surface area contributed by atoms with Crippen LogP contribution in [0.4, 0.5) is 0 Å². The number of rotatable bonds is 5. The van der Waals surface area contributed by atoms with Gasteiger partial charge in [0.1, 0.15) is 0 Å². The molecule has 2 aromatic rings. The Labute approximate surface area is 177 Å². The Hall–Kier alpha value is -2.91. The van der Waals surface area contributed by atoms with Crippen LogP contribution in [0.15, 0.2) is 30.6 Å². The molecule has 0 unspecified atom stereocenters. The van der Waals surface area contributed by atoms with Crippen LogP contribution in [-0.2, 0) is 32.8 Å². The van der Waals surface area contributed by atoms with Crippen molar-refractivity contribution < 1.29 is 14.3 Å². The van der Waals surface area contributed by atoms with Gasteiger partial charge in [0.05, 0.1) is 18.2 Å². The van der Waals surface area contributed by atoms with E-state index in [1.807, 2.05) is 17.1 Å². The van der Waals surface area contributed by atoms with Crippen molar-refractivity contribution in [1.82, 2.24) is 14.7 Å². The fraction of sp³-hybridized carbons (Fsp3) is 0.458. The lowest BCUT2D eigenvalue weighted by Crippen LogP contribution is -2.39. The van der Waals surface area contributed by atoms with Gasteiger partial charge in [-0.05, 0) is 42.5 Å². The zero-order valence-electron chi connectivity index (χ0n) is 17.6. The Kier molecular flexibility index (Phi) is 5.74. The van der Waals surface area contributed by atoms with Crippen LogP contribution in [0.5, 0.6) is 0 Å². The van der Waals surface area contributed by atoms with Gasteiger partial charge in [-0.3, -0.25) is 19.2 Å². The fourth-order valence-corrected chi connectivity index (χ4v) is 4.22. The first kappa shape index (κ1) is 20.4. The number of aryl methyl sites for hydroxylation is 1. The fourth-order valence-electron chi connectivity index (χ4n) is 4.22. The topological polar surface area (TPSA) is 64.4 Å². The minimum atomic E-state index is -0.547. The number of carbonyl (C=O) groups is 2. The minimum absolute atomic E-state index is 0.182. The predicted octanol–water partition coefficient (Wildman–Crippen LogP) is 3.02. The van der Waals surface area contributed by atoms with E-state index in [0.29, 0.717) is 6.54 Å². The third-order valence-corrected chi connectivity index (χ3v) is 5.78. The molecule has 1 aromatic carbocycles. The summed E-state index contributed by atoms with van der Waals surface area (Å²) in [5.41, 5.74) is 4.85. The number of ether oxygens (including phenoxy) is 1. The van der Waals surface area contributed by atoms with E-state index in [2.05, 4.69) is 51.7 Å². The van der Waals surface area contributed by atoms with Crippen LogP contribution in [0.2, 0.25) is 0 Å². The lowest BCUT2D eigenvalue weighted by atomic mass is 9.85. The van der Waals surface area contributed by atoms with E-state index < -0.39 is 11.9 Å². The van der Waals surface area contributed by atoms with Gasteiger partial charge in [0, 0.05) is 50.3 Å². The third-order valence-electron chi connectivity index (χ3n) is 5.78. The third kappa shape index (κ3) is 4.63. The van der Waals surface area contributed by atoms with Crippen molar-refractivity contribution in [3.63, 3.8) is 0 Å². The summed E-state index contributed by atoms with van der Waals surface area (Å²) in [4.78, 5) is 24.9. The first-order valence-electron chi connectivity index (χ1n) is 10.6. The second-order valence-corrected chi connectivity index (χ2v) is 8.32. The summed E-state index contributed by atoms with van der Waals surface area (Å²) in [6.07, 6.45) is 7.42. The van der Waals surface area contributed by atoms with Crippen molar-refractivity contribution in [2.24, 2.45) is 0 Å². The Morgan fingerprint density at radius 2 is 2.00 bits per heavy atom. The largest absolute Gasteiger partial charge is 0.393 e. The van der Waals surface area contributed by atoms with Crippen LogP contribution < -0.4 is 0 Å². The maximum atomic E-state index is 11.7. The highest BCUT2D eigenvalue weighted by Gasteiger charge is 2.48. The van der Waals surface area contributed by atoms with Crippen molar-refractivity contribution in [2.75, 3.05) is 13.1 Å². The highest BCUT2D eigenvalue weighted by molar-refractivity contribution is 5.84. The Morgan fingerprint density at radius 3 is 2.73 bits per heavy atom. The number of carbonyl (C=O) groups excluding carboxylic acids is 2. The number of aromatic nitrogens is 2. The van der Waals surface area contributed by atoms with Crippen molar-refractivity contribution in [3.05, 3.63) is 52.8 Å². The molecule has 6 heteroatoms. The van der Waals surface area contributed by atoms with Crippen LogP contribution >= 0.6 is 0 Å². The van der Waals surface area contributed by atoms with Crippen LogP contribution in [-0.4, -0.2) is 39.7 Å². The SMILES string of the molecule is CCCn1cc(C#Cc2ccc3c(c2)C2(CC2)CN(CCC(=O)OC(C)=O)C3)cn1. The zero-order valence-corrected chi connectivity index (χ0v) is 17.6. The molecule has 6 nitrogen and oxygen atoms in total. The van der Waals surface area contributed by atoms with E-state index in [4.69, 9.17) is 0 Å². The van der Waals surface area contributed by atoms with Gasteiger partial charge in [-0.2, -0.15) is 5.10 Å². The summed E-state index contributed by atoms with van der Waals surface area (Å²) in [6, 6.07) is 6.49. The number of fused-ring (bicyclic) bond motifs is 2. The van der Waals surface area contributed by atoms with Gasteiger partial charge < -0.3 is 4.74 Å². The van der Waals surface area contributed by atoms with Crippen LogP contribution in [0, 0.1) is 11.8 Å². The summed E-state index contributed by atoms with van der Waals surface area (Å²) in [6.45, 7) is 6.65. The molecular weight excluding hydrogens is 378 g/mol. The van der Waals surface area contributed by atoms with Gasteiger partial charge >= 0.3 is 11.9 Å². The van der Waals surface area contributed by atoms with Gasteiger partial charge in [-0.1, -0.05) is 24.8 Å². The predicted molar refractivity (Wildman–Crippen MR) is 113 cm³/mol. The second kappa shape index (κ2) is 8.45. The van der Waals surface area contributed by atoms with Crippen LogP contribution in [0.25, 0.3) is 0 Å². The normalized spacial score (nSPS) is 16.5. The molecule has 156 valence electrons. The first-order chi connectivity index (χ1) is 14.5. The van der Waals surface area contributed by atoms with E-state index in [0.717, 1.165) is 50.0 Å². The molecule has 0 saturated heterocycles. The van der Waals surface area contributed by atoms with E-state index in [9.17, 15) is 9.59 Å². The number of nitrogens with zero attached hydrogens (tertiary/aromatic N) is 3. The second-order valence-electron chi connectivity index (χ2n) is 8.32. The van der Waals surface area contributed by atoms with E-state index in [-0.39, 0.29) is 11.8 Å². The molecule has 1 aliphatic heterocycles. The summed E-state index contributed by atoms with van der Waals surface area (Å²) in [7, 11) is 0. The Bertz CT molecular complexity index is 1020. The molecule has 2 aliphatic rings. The molecule has 1 aliphatic carbocycles. The lowest BCUT2D eigenvalue weighted by molar-refractivity contribution is -0.158. The molecule has 0 amide bonds. The lowest BCUT2D eigenvalue weighted by Gasteiger charge is -2.35. The van der Waals surface area contributed by atoms with Crippen molar-refractivity contribution in [1.29, 1.82) is 0 Å². The van der Waals surface area contributed by atoms with Crippen molar-refractivity contribution >= 4 is 11.9 Å². The quantitative estimate of drug-likeness (QED) is 0.435. The molecular formula is C24H27N3O3. The molecule has 0 N–H and O–H groups in total. The highest BCUT2D eigenvalue weighted by Crippen LogP contribution is 2.52. The molecule has 0 radical (unpaired) electrons. The highest BCUT2D eigenvalue weighted by atomic mass is 16.6. The van der Waals surface area contributed by atoms with Gasteiger partial charge in [-0.15, -0.1) is 0 Å². The van der Waals surface area contributed by atoms with E-state index in [1.54, 1.807) is 0 Å². The van der Waals surface area contributed by atoms with Gasteiger partial charge in [0.15, 0.2) is 0 Å². The average Bonchev–Trinajstić information content (AvgIpc) is 3.33. The molecule has 30 heavy (non-hydrogen) atoms. The number of benzene rings is 1. The summed E-state index contributed by atoms with van der Waals surface area (Å²) < 4.78 is 6.57. The number of hydrogen-bond donors (Lipinski definition) is 0. The van der Waals surface area contributed by atoms with Gasteiger partial charge in [-0.25, -0.2) is 0 Å². The van der Waals surface area contributed by atoms with Gasteiger partial charge in [0.2, 0.25) is 0 Å². The monoisotopic (exact) mass is 405 g/mol. The minimum Gasteiger partial charge on any atom is -0.393 e. The first-order valence-corrected chi connectivity index (χ1v) is 10.6. The molecule has 4 rings (SSSR count). The standard InChI is InChI=1S/C24H27N3O3/c1-3-11-27-15-20(14-25-27)5-4-19-6-7-21-16-26(12-8-23(29)30-18(2)28)17-24(9-10-24)22(21)13-19/h6-7,13-15H,3,8-12,16-17H2,1-2H3. The summed E-state index contributed by atoms with van der Waals surface area (Å²) >= 11 is 0. The average molecular weight is 405 g/mol. The van der Waals surface area contributed by atoms with Gasteiger partial charge in [0.25, 0.3) is 0 Å². The molecule has 0 atom stereocenters. The number of esters is 2. The van der Waals surface area contributed by atoms with E-state index >= 15 is 0 Å². The van der Waals surface area contributed by atoms with Crippen LogP contribution in [0.1, 0.15) is 61.8 Å². The number of hydrogen-bond acceptors (Lipinski definition) is 5. The van der Waals surface area contributed by atoms with Crippen LogP contribution in [0.3, 0.4) is 0 Å². The molecule has 1 saturated carbocycles. The molecule has 1 fully saturated rings. The summed E-state index contributed by atoms with van der Waals surface area (Å²) in [5, 5.41) is 4.33. The molecule has 0 bridgehead atoms. The van der Waals surface area contributed by atoms with Crippen molar-refractivity contribution in [2.45, 2.75) is 58.0 Å². The molecule has 1 spiro atoms. The smallest absolute Gasteiger partial charge is 0.314 e. The maximum Gasteiger partial charge on any atom is 0.314 e. The van der Waals surface area contributed by atoms with Crippen molar-refractivity contribution in [3.8, 4) is 11.8 Å². The summed E-state index contributed by atoms with van der Waals surface area (Å²) in [5.74, 6) is 5.52. The molecule has 2 heterocycles. The molecule has 1 aromatic heterocycles. The maximum absolute atomic E-state index is 11.7. The van der Waals surface area contributed by atoms with E-state index in [1.165, 1.54) is 18.1 Å². The zero-order chi connectivity index (χ0) is 21.1. The Balaban J connectivity index is 1.45. The Morgan fingerprint density at radius 1 is 1.20 bits per heavy atom.